The Morgan fingerprint density at radius 1 is 1.07 bits per heavy atom. The van der Waals surface area contributed by atoms with E-state index in [4.69, 9.17) is 17.3 Å². The highest BCUT2D eigenvalue weighted by Crippen LogP contribution is 2.35. The number of carbonyl (C=O) groups excluding carboxylic acids is 2. The third-order valence-electron chi connectivity index (χ3n) is 7.94. The van der Waals surface area contributed by atoms with Gasteiger partial charge in [0.05, 0.1) is 24.3 Å². The molecular formula is C33H34ClN7O2. The van der Waals surface area contributed by atoms with E-state index in [-0.39, 0.29) is 23.3 Å². The summed E-state index contributed by atoms with van der Waals surface area (Å²) in [5.74, 6) is -0.607. The van der Waals surface area contributed by atoms with E-state index in [1.165, 1.54) is 5.56 Å². The van der Waals surface area contributed by atoms with Gasteiger partial charge in [0.15, 0.2) is 0 Å². The van der Waals surface area contributed by atoms with Gasteiger partial charge in [0.1, 0.15) is 5.15 Å². The molecule has 0 spiro atoms. The fourth-order valence-electron chi connectivity index (χ4n) is 5.84. The van der Waals surface area contributed by atoms with Gasteiger partial charge in [0.2, 0.25) is 0 Å². The summed E-state index contributed by atoms with van der Waals surface area (Å²) in [5, 5.41) is 4.46. The first kappa shape index (κ1) is 28.5. The maximum atomic E-state index is 13.5. The molecule has 9 nitrogen and oxygen atoms in total. The molecule has 3 amide bonds. The predicted molar refractivity (Wildman–Crippen MR) is 170 cm³/mol. The number of primary amides is 1. The highest BCUT2D eigenvalue weighted by Gasteiger charge is 2.32. The molecule has 3 aromatic heterocycles. The Morgan fingerprint density at radius 3 is 2.58 bits per heavy atom. The molecule has 220 valence electrons. The van der Waals surface area contributed by atoms with Gasteiger partial charge < -0.3 is 30.0 Å². The highest BCUT2D eigenvalue weighted by molar-refractivity contribution is 6.33. The number of carbonyl (C=O) groups is 2. The van der Waals surface area contributed by atoms with E-state index in [0.29, 0.717) is 30.8 Å². The van der Waals surface area contributed by atoms with Crippen molar-refractivity contribution >= 4 is 40.1 Å². The number of benzene rings is 2. The second kappa shape index (κ2) is 11.9. The number of likely N-dealkylation sites (N-methyl/N-ethyl adjacent to an activating group) is 1. The molecule has 6 rings (SSSR count). The van der Waals surface area contributed by atoms with E-state index in [2.05, 4.69) is 40.1 Å². The molecule has 0 saturated carbocycles. The van der Waals surface area contributed by atoms with Crippen LogP contribution in [0.15, 0.2) is 79.1 Å². The quantitative estimate of drug-likeness (QED) is 0.253. The molecule has 10 heteroatoms. The summed E-state index contributed by atoms with van der Waals surface area (Å²) in [6, 6.07) is 21.3. The molecule has 0 aliphatic carbocycles. The van der Waals surface area contributed by atoms with Crippen LogP contribution in [-0.4, -0.2) is 63.0 Å². The van der Waals surface area contributed by atoms with Crippen LogP contribution in [0.4, 0.5) is 10.5 Å². The van der Waals surface area contributed by atoms with Crippen molar-refractivity contribution in [1.29, 1.82) is 0 Å². The van der Waals surface area contributed by atoms with Gasteiger partial charge in [-0.15, -0.1) is 0 Å². The van der Waals surface area contributed by atoms with Crippen molar-refractivity contribution in [2.75, 3.05) is 32.5 Å². The molecule has 2 aromatic carbocycles. The number of amides is 3. The highest BCUT2D eigenvalue weighted by atomic mass is 35.5. The lowest BCUT2D eigenvalue weighted by atomic mass is 10.0. The number of nitrogens with one attached hydrogen (secondary N) is 1. The lowest BCUT2D eigenvalue weighted by molar-refractivity contribution is 0.0998. The van der Waals surface area contributed by atoms with Crippen molar-refractivity contribution in [1.82, 2.24) is 23.9 Å². The molecule has 0 atom stereocenters. The average molecular weight is 596 g/mol. The van der Waals surface area contributed by atoms with Crippen LogP contribution in [0.1, 0.15) is 32.9 Å². The summed E-state index contributed by atoms with van der Waals surface area (Å²) in [5.41, 5.74) is 12.5. The minimum absolute atomic E-state index is 0.232. The number of anilines is 1. The Labute approximate surface area is 255 Å². The maximum Gasteiger partial charge on any atom is 0.322 e. The number of hydrogen-bond acceptors (Lipinski definition) is 4. The van der Waals surface area contributed by atoms with Crippen LogP contribution in [-0.2, 0) is 25.9 Å². The summed E-state index contributed by atoms with van der Waals surface area (Å²) in [6.45, 7) is 2.27. The van der Waals surface area contributed by atoms with Gasteiger partial charge >= 0.3 is 6.03 Å². The van der Waals surface area contributed by atoms with Crippen LogP contribution in [0.3, 0.4) is 0 Å². The summed E-state index contributed by atoms with van der Waals surface area (Å²) in [7, 11) is 4.13. The Kier molecular flexibility index (Phi) is 7.92. The molecule has 0 saturated heterocycles. The van der Waals surface area contributed by atoms with Gasteiger partial charge in [0, 0.05) is 65.4 Å². The Bertz CT molecular complexity index is 1790. The first-order valence-electron chi connectivity index (χ1n) is 14.3. The number of halogens is 1. The van der Waals surface area contributed by atoms with Crippen LogP contribution in [0.25, 0.3) is 16.6 Å². The van der Waals surface area contributed by atoms with Gasteiger partial charge in [0.25, 0.3) is 5.91 Å². The van der Waals surface area contributed by atoms with E-state index in [9.17, 15) is 9.59 Å². The lowest BCUT2D eigenvalue weighted by Crippen LogP contribution is -2.39. The largest absolute Gasteiger partial charge is 0.365 e. The molecule has 4 heterocycles. The number of para-hydroxylation sites is 1. The molecule has 1 aliphatic heterocycles. The maximum absolute atomic E-state index is 13.5. The lowest BCUT2D eigenvalue weighted by Gasteiger charge is -2.28. The molecule has 0 fully saturated rings. The Hall–Kier alpha value is -4.60. The van der Waals surface area contributed by atoms with Crippen molar-refractivity contribution in [3.05, 3.63) is 112 Å². The zero-order valence-electron chi connectivity index (χ0n) is 24.3. The second-order valence-corrected chi connectivity index (χ2v) is 11.5. The second-order valence-electron chi connectivity index (χ2n) is 11.1. The number of nitrogens with two attached hydrogens (primary N) is 1. The number of aromatic nitrogens is 3. The number of rotatable bonds is 8. The van der Waals surface area contributed by atoms with E-state index in [1.54, 1.807) is 4.90 Å². The molecule has 0 unspecified atom stereocenters. The number of hydrogen-bond donors (Lipinski definition) is 2. The van der Waals surface area contributed by atoms with Gasteiger partial charge in [-0.3, -0.25) is 9.78 Å². The standard InChI is InChI=1S/C33H34ClN7O2/c1-38(2)16-13-22-19-40(20-24-8-6-7-15-36-24)28-12-11-23(18-26(22)28)37-33(43)39-17-14-29-27(21-39)30(32(35)42)31(34)41(29)25-9-4-3-5-10-25/h3-12,15,18-19H,13-14,16-17,20-21H2,1-2H3,(H2,35,42)(H,37,43). The minimum atomic E-state index is -0.607. The van der Waals surface area contributed by atoms with Crippen LogP contribution in [0.2, 0.25) is 5.15 Å². The van der Waals surface area contributed by atoms with Crippen LogP contribution in [0, 0.1) is 0 Å². The molecule has 3 N–H and O–H groups in total. The average Bonchev–Trinajstić information content (AvgIpc) is 3.49. The Balaban J connectivity index is 1.27. The summed E-state index contributed by atoms with van der Waals surface area (Å²) >= 11 is 6.71. The fourth-order valence-corrected chi connectivity index (χ4v) is 6.25. The third kappa shape index (κ3) is 5.74. The zero-order chi connectivity index (χ0) is 30.1. The zero-order valence-corrected chi connectivity index (χ0v) is 25.0. The summed E-state index contributed by atoms with van der Waals surface area (Å²) < 4.78 is 4.08. The van der Waals surface area contributed by atoms with E-state index in [1.807, 2.05) is 77.5 Å². The van der Waals surface area contributed by atoms with E-state index < -0.39 is 5.91 Å². The van der Waals surface area contributed by atoms with Crippen molar-refractivity contribution in [3.8, 4) is 5.69 Å². The van der Waals surface area contributed by atoms with Crippen LogP contribution < -0.4 is 11.1 Å². The van der Waals surface area contributed by atoms with Crippen molar-refractivity contribution in [2.24, 2.45) is 5.73 Å². The molecule has 1 aliphatic rings. The monoisotopic (exact) mass is 595 g/mol. The van der Waals surface area contributed by atoms with Gasteiger partial charge in [-0.25, -0.2) is 4.79 Å². The van der Waals surface area contributed by atoms with Gasteiger partial charge in [-0.2, -0.15) is 0 Å². The minimum Gasteiger partial charge on any atom is -0.365 e. The molecular weight excluding hydrogens is 562 g/mol. The van der Waals surface area contributed by atoms with Crippen LogP contribution in [0.5, 0.6) is 0 Å². The SMILES string of the molecule is CN(C)CCc1cn(Cc2ccccn2)c2ccc(NC(=O)N3CCc4c(c(C(N)=O)c(Cl)n4-c4ccccc4)C3)cc12. The molecule has 0 radical (unpaired) electrons. The van der Waals surface area contributed by atoms with Gasteiger partial charge in [-0.05, 0) is 68.5 Å². The van der Waals surface area contributed by atoms with Crippen molar-refractivity contribution in [2.45, 2.75) is 25.9 Å². The van der Waals surface area contributed by atoms with Crippen molar-refractivity contribution in [3.63, 3.8) is 0 Å². The number of urea groups is 1. The molecule has 5 aromatic rings. The van der Waals surface area contributed by atoms with Gasteiger partial charge in [-0.1, -0.05) is 35.9 Å². The van der Waals surface area contributed by atoms with E-state index in [0.717, 1.165) is 40.9 Å². The van der Waals surface area contributed by atoms with E-state index >= 15 is 0 Å². The smallest absolute Gasteiger partial charge is 0.322 e. The Morgan fingerprint density at radius 2 is 1.86 bits per heavy atom. The molecule has 0 bridgehead atoms. The number of pyridine rings is 1. The normalized spacial score (nSPS) is 13.0. The first-order chi connectivity index (χ1) is 20.8. The molecule has 43 heavy (non-hydrogen) atoms. The van der Waals surface area contributed by atoms with Crippen LogP contribution >= 0.6 is 11.6 Å². The number of fused-ring (bicyclic) bond motifs is 2. The first-order valence-corrected chi connectivity index (χ1v) is 14.7. The third-order valence-corrected chi connectivity index (χ3v) is 8.30. The summed E-state index contributed by atoms with van der Waals surface area (Å²) in [6.07, 6.45) is 5.41. The fraction of sp³-hybridized carbons (Fsp3) is 0.242. The summed E-state index contributed by atoms with van der Waals surface area (Å²) in [4.78, 5) is 34.4. The number of nitrogens with zero attached hydrogens (tertiary/aromatic N) is 5. The predicted octanol–water partition coefficient (Wildman–Crippen LogP) is 5.32. The topological polar surface area (TPSA) is 101 Å². The van der Waals surface area contributed by atoms with Crippen molar-refractivity contribution < 1.29 is 9.59 Å².